The van der Waals surface area contributed by atoms with Crippen LogP contribution in [0, 0.1) is 0 Å². The molecule has 2 aromatic carbocycles. The molecule has 1 heterocycles. The zero-order valence-electron chi connectivity index (χ0n) is 14.1. The van der Waals surface area contributed by atoms with Crippen molar-refractivity contribution < 1.29 is 19.1 Å². The van der Waals surface area contributed by atoms with Crippen LogP contribution in [0.5, 0.6) is 5.75 Å². The van der Waals surface area contributed by atoms with Gasteiger partial charge in [0.25, 0.3) is 11.8 Å². The van der Waals surface area contributed by atoms with E-state index in [9.17, 15) is 14.4 Å². The molecule has 0 atom stereocenters. The first-order valence-corrected chi connectivity index (χ1v) is 8.43. The maximum atomic E-state index is 12.3. The third kappa shape index (κ3) is 3.70. The highest BCUT2D eigenvalue weighted by molar-refractivity contribution is 6.32. The number of ether oxygens (including phenoxy) is 1. The van der Waals surface area contributed by atoms with Crippen LogP contribution in [0.3, 0.4) is 0 Å². The van der Waals surface area contributed by atoms with Crippen molar-refractivity contribution in [1.29, 1.82) is 0 Å². The van der Waals surface area contributed by atoms with E-state index in [4.69, 9.17) is 16.3 Å². The standard InChI is InChI=1S/C19H17ClN2O4/c1-26-14-5-2-12(3-6-14)11-21-17(23)8-9-22-18(24)15-7-4-13(20)10-16(15)19(22)25/h2-7,10H,8-9,11H2,1H3,(H,21,23). The number of halogens is 1. The lowest BCUT2D eigenvalue weighted by molar-refractivity contribution is -0.121. The molecule has 1 N–H and O–H groups in total. The number of methoxy groups -OCH3 is 1. The number of hydrogen-bond acceptors (Lipinski definition) is 4. The largest absolute Gasteiger partial charge is 0.497 e. The summed E-state index contributed by atoms with van der Waals surface area (Å²) < 4.78 is 5.08. The number of hydrogen-bond donors (Lipinski definition) is 1. The quantitative estimate of drug-likeness (QED) is 0.791. The van der Waals surface area contributed by atoms with Crippen molar-refractivity contribution in [3.63, 3.8) is 0 Å². The van der Waals surface area contributed by atoms with Gasteiger partial charge in [-0.25, -0.2) is 0 Å². The first-order valence-electron chi connectivity index (χ1n) is 8.05. The molecule has 1 aliphatic heterocycles. The van der Waals surface area contributed by atoms with Crippen LogP contribution in [0.4, 0.5) is 0 Å². The van der Waals surface area contributed by atoms with E-state index >= 15 is 0 Å². The number of amides is 3. The summed E-state index contributed by atoms with van der Waals surface area (Å²) in [6.45, 7) is 0.388. The second-order valence-corrected chi connectivity index (χ2v) is 6.26. The molecule has 1 aliphatic rings. The molecule has 0 saturated heterocycles. The molecule has 6 nitrogen and oxygen atoms in total. The minimum Gasteiger partial charge on any atom is -0.497 e. The Kier molecular flexibility index (Phi) is 5.23. The maximum Gasteiger partial charge on any atom is 0.261 e. The summed E-state index contributed by atoms with van der Waals surface area (Å²) in [6.07, 6.45) is 0.0371. The summed E-state index contributed by atoms with van der Waals surface area (Å²) in [5.74, 6) is -0.318. The van der Waals surface area contributed by atoms with Crippen molar-refractivity contribution in [1.82, 2.24) is 10.2 Å². The Balaban J connectivity index is 1.53. The van der Waals surface area contributed by atoms with E-state index in [2.05, 4.69) is 5.32 Å². The highest BCUT2D eigenvalue weighted by Gasteiger charge is 2.35. The van der Waals surface area contributed by atoms with Gasteiger partial charge < -0.3 is 10.1 Å². The summed E-state index contributed by atoms with van der Waals surface area (Å²) >= 11 is 5.88. The Labute approximate surface area is 155 Å². The minimum absolute atomic E-state index is 0.0262. The maximum absolute atomic E-state index is 12.3. The normalized spacial score (nSPS) is 12.9. The van der Waals surface area contributed by atoms with Crippen molar-refractivity contribution in [2.24, 2.45) is 0 Å². The van der Waals surface area contributed by atoms with Gasteiger partial charge in [0.2, 0.25) is 5.91 Å². The van der Waals surface area contributed by atoms with Gasteiger partial charge in [-0.15, -0.1) is 0 Å². The van der Waals surface area contributed by atoms with Gasteiger partial charge >= 0.3 is 0 Å². The lowest BCUT2D eigenvalue weighted by Crippen LogP contribution is -2.34. The first kappa shape index (κ1) is 17.9. The van der Waals surface area contributed by atoms with Crippen molar-refractivity contribution in [3.05, 3.63) is 64.2 Å². The molecule has 3 rings (SSSR count). The van der Waals surface area contributed by atoms with E-state index in [1.54, 1.807) is 13.2 Å². The van der Waals surface area contributed by atoms with Gasteiger partial charge in [0, 0.05) is 24.5 Å². The SMILES string of the molecule is COc1ccc(CNC(=O)CCN2C(=O)c3ccc(Cl)cc3C2=O)cc1. The highest BCUT2D eigenvalue weighted by Crippen LogP contribution is 2.25. The Morgan fingerprint density at radius 2 is 1.77 bits per heavy atom. The Morgan fingerprint density at radius 3 is 2.46 bits per heavy atom. The second kappa shape index (κ2) is 7.58. The topological polar surface area (TPSA) is 75.7 Å². The molecule has 26 heavy (non-hydrogen) atoms. The van der Waals surface area contributed by atoms with Gasteiger partial charge in [0.1, 0.15) is 5.75 Å². The summed E-state index contributed by atoms with van der Waals surface area (Å²) in [5.41, 5.74) is 1.52. The van der Waals surface area contributed by atoms with Gasteiger partial charge in [-0.3, -0.25) is 19.3 Å². The Bertz CT molecular complexity index is 864. The molecule has 7 heteroatoms. The van der Waals surface area contributed by atoms with Crippen LogP contribution in [-0.4, -0.2) is 36.3 Å². The van der Waals surface area contributed by atoms with Crippen molar-refractivity contribution >= 4 is 29.3 Å². The van der Waals surface area contributed by atoms with Crippen LogP contribution in [-0.2, 0) is 11.3 Å². The number of fused-ring (bicyclic) bond motifs is 1. The molecule has 2 aromatic rings. The molecule has 0 unspecified atom stereocenters. The monoisotopic (exact) mass is 372 g/mol. The molecule has 0 saturated carbocycles. The van der Waals surface area contributed by atoms with Gasteiger partial charge in [0.05, 0.1) is 18.2 Å². The number of imide groups is 1. The van der Waals surface area contributed by atoms with Crippen LogP contribution in [0.25, 0.3) is 0 Å². The summed E-state index contributed by atoms with van der Waals surface area (Å²) in [6, 6.07) is 11.9. The number of rotatable bonds is 6. The van der Waals surface area contributed by atoms with Gasteiger partial charge in [-0.05, 0) is 35.9 Å². The van der Waals surface area contributed by atoms with E-state index in [0.717, 1.165) is 16.2 Å². The number of nitrogens with one attached hydrogen (secondary N) is 1. The number of benzene rings is 2. The Hall–Kier alpha value is -2.86. The van der Waals surface area contributed by atoms with E-state index in [1.807, 2.05) is 24.3 Å². The van der Waals surface area contributed by atoms with Gasteiger partial charge in [-0.1, -0.05) is 23.7 Å². The fraction of sp³-hybridized carbons (Fsp3) is 0.211. The zero-order chi connectivity index (χ0) is 18.7. The highest BCUT2D eigenvalue weighted by atomic mass is 35.5. The van der Waals surface area contributed by atoms with Crippen LogP contribution in [0.15, 0.2) is 42.5 Å². The molecule has 0 aromatic heterocycles. The average molecular weight is 373 g/mol. The van der Waals surface area contributed by atoms with E-state index < -0.39 is 11.8 Å². The summed E-state index contributed by atoms with van der Waals surface area (Å²) in [5, 5.41) is 3.16. The average Bonchev–Trinajstić information content (AvgIpc) is 2.88. The van der Waals surface area contributed by atoms with E-state index in [-0.39, 0.29) is 24.4 Å². The van der Waals surface area contributed by atoms with Crippen molar-refractivity contribution in [3.8, 4) is 5.75 Å². The molecular formula is C19H17ClN2O4. The molecule has 0 aliphatic carbocycles. The minimum atomic E-state index is -0.421. The number of carbonyl (C=O) groups excluding carboxylic acids is 3. The third-order valence-corrected chi connectivity index (χ3v) is 4.38. The third-order valence-electron chi connectivity index (χ3n) is 4.14. The lowest BCUT2D eigenvalue weighted by Gasteiger charge is -2.13. The molecular weight excluding hydrogens is 356 g/mol. The van der Waals surface area contributed by atoms with Crippen LogP contribution in [0.1, 0.15) is 32.7 Å². The van der Waals surface area contributed by atoms with Crippen molar-refractivity contribution in [2.75, 3.05) is 13.7 Å². The summed E-state index contributed by atoms with van der Waals surface area (Å²) in [4.78, 5) is 37.7. The summed E-state index contributed by atoms with van der Waals surface area (Å²) in [7, 11) is 1.59. The second-order valence-electron chi connectivity index (χ2n) is 5.83. The Morgan fingerprint density at radius 1 is 1.08 bits per heavy atom. The van der Waals surface area contributed by atoms with E-state index in [1.165, 1.54) is 12.1 Å². The number of carbonyl (C=O) groups is 3. The van der Waals surface area contributed by atoms with Crippen LogP contribution in [0.2, 0.25) is 5.02 Å². The van der Waals surface area contributed by atoms with Crippen LogP contribution < -0.4 is 10.1 Å². The van der Waals surface area contributed by atoms with Gasteiger partial charge in [0.15, 0.2) is 0 Å². The lowest BCUT2D eigenvalue weighted by atomic mass is 10.1. The number of nitrogens with zero attached hydrogens (tertiary/aromatic N) is 1. The van der Waals surface area contributed by atoms with Crippen molar-refractivity contribution in [2.45, 2.75) is 13.0 Å². The van der Waals surface area contributed by atoms with Crippen LogP contribution >= 0.6 is 11.6 Å². The molecule has 0 fully saturated rings. The molecule has 0 spiro atoms. The molecule has 134 valence electrons. The fourth-order valence-corrected chi connectivity index (χ4v) is 2.88. The van der Waals surface area contributed by atoms with E-state index in [0.29, 0.717) is 17.1 Å². The van der Waals surface area contributed by atoms with Gasteiger partial charge in [-0.2, -0.15) is 0 Å². The molecule has 3 amide bonds. The first-order chi connectivity index (χ1) is 12.5. The predicted octanol–water partition coefficient (Wildman–Crippen LogP) is 2.65. The molecule has 0 bridgehead atoms. The zero-order valence-corrected chi connectivity index (χ0v) is 14.9. The predicted molar refractivity (Wildman–Crippen MR) is 96.3 cm³/mol. The molecule has 0 radical (unpaired) electrons. The smallest absolute Gasteiger partial charge is 0.261 e. The fourth-order valence-electron chi connectivity index (χ4n) is 2.71.